The molecule has 1 aliphatic rings. The van der Waals surface area contributed by atoms with Crippen LogP contribution in [-0.4, -0.2) is 48.4 Å². The number of likely N-dealkylation sites (N-methyl/N-ethyl adjacent to an activating group) is 1. The number of nitrogens with zero attached hydrogens (tertiary/aromatic N) is 2. The molecule has 0 atom stereocenters. The van der Waals surface area contributed by atoms with Crippen LogP contribution < -0.4 is 0 Å². The Morgan fingerprint density at radius 1 is 1.53 bits per heavy atom. The maximum Gasteiger partial charge on any atom is 0.246 e. The summed E-state index contributed by atoms with van der Waals surface area (Å²) in [5, 5.41) is 0. The maximum absolute atomic E-state index is 12.1. The predicted octanol–water partition coefficient (Wildman–Crippen LogP) is 2.24. The number of amides is 1. The fourth-order valence-electron chi connectivity index (χ4n) is 2.46. The molecule has 0 radical (unpaired) electrons. The topological polar surface area (TPSA) is 36.7 Å². The zero-order valence-corrected chi connectivity index (χ0v) is 11.7. The molecule has 2 rings (SSSR count). The van der Waals surface area contributed by atoms with Crippen molar-refractivity contribution in [3.63, 3.8) is 0 Å². The normalized spacial score (nSPS) is 18.0. The summed E-state index contributed by atoms with van der Waals surface area (Å²) in [4.78, 5) is 16.4. The minimum atomic E-state index is 0.0475. The Morgan fingerprint density at radius 2 is 2.26 bits per heavy atom. The van der Waals surface area contributed by atoms with Crippen LogP contribution in [0.1, 0.15) is 25.5 Å². The number of furan rings is 1. The number of likely N-dealkylation sites (tertiary alicyclic amines) is 1. The third-order valence-corrected chi connectivity index (χ3v) is 3.83. The van der Waals surface area contributed by atoms with Gasteiger partial charge in [0.1, 0.15) is 5.76 Å². The molecule has 1 aromatic heterocycles. The highest BCUT2D eigenvalue weighted by molar-refractivity contribution is 5.91. The summed E-state index contributed by atoms with van der Waals surface area (Å²) in [5.41, 5.74) is 0. The summed E-state index contributed by atoms with van der Waals surface area (Å²) < 4.78 is 5.17. The second kappa shape index (κ2) is 6.57. The first-order chi connectivity index (χ1) is 9.20. The van der Waals surface area contributed by atoms with Gasteiger partial charge in [-0.3, -0.25) is 4.79 Å². The number of rotatable bonds is 4. The molecule has 0 spiro atoms. The molecule has 1 fully saturated rings. The Morgan fingerprint density at radius 3 is 2.84 bits per heavy atom. The lowest BCUT2D eigenvalue weighted by Crippen LogP contribution is -2.45. The fourth-order valence-corrected chi connectivity index (χ4v) is 2.46. The molecule has 0 aromatic carbocycles. The van der Waals surface area contributed by atoms with E-state index in [1.54, 1.807) is 18.4 Å². The third-order valence-electron chi connectivity index (χ3n) is 3.83. The minimum Gasteiger partial charge on any atom is -0.465 e. The van der Waals surface area contributed by atoms with Crippen molar-refractivity contribution < 1.29 is 9.21 Å². The summed E-state index contributed by atoms with van der Waals surface area (Å²) in [5.74, 6) is 0.758. The van der Waals surface area contributed by atoms with E-state index in [0.717, 1.165) is 32.5 Å². The molecule has 0 aliphatic carbocycles. The minimum absolute atomic E-state index is 0.0475. The van der Waals surface area contributed by atoms with Gasteiger partial charge >= 0.3 is 0 Å². The van der Waals surface area contributed by atoms with E-state index in [1.807, 2.05) is 24.1 Å². The lowest BCUT2D eigenvalue weighted by molar-refractivity contribution is -0.127. The second-order valence-corrected chi connectivity index (χ2v) is 4.96. The van der Waals surface area contributed by atoms with E-state index < -0.39 is 0 Å². The first kappa shape index (κ1) is 13.9. The van der Waals surface area contributed by atoms with Crippen molar-refractivity contribution in [2.75, 3.05) is 26.7 Å². The highest BCUT2D eigenvalue weighted by Gasteiger charge is 2.23. The summed E-state index contributed by atoms with van der Waals surface area (Å²) in [7, 11) is 1.89. The van der Waals surface area contributed by atoms with E-state index in [2.05, 4.69) is 11.8 Å². The van der Waals surface area contributed by atoms with E-state index in [1.165, 1.54) is 0 Å². The van der Waals surface area contributed by atoms with Gasteiger partial charge in [-0.2, -0.15) is 0 Å². The van der Waals surface area contributed by atoms with Crippen LogP contribution in [-0.2, 0) is 4.79 Å². The van der Waals surface area contributed by atoms with Gasteiger partial charge in [0, 0.05) is 32.3 Å². The van der Waals surface area contributed by atoms with E-state index in [4.69, 9.17) is 4.42 Å². The number of piperidine rings is 1. The van der Waals surface area contributed by atoms with Gasteiger partial charge in [-0.05, 0) is 37.6 Å². The van der Waals surface area contributed by atoms with Gasteiger partial charge in [0.05, 0.1) is 6.26 Å². The van der Waals surface area contributed by atoms with Crippen molar-refractivity contribution in [2.24, 2.45) is 0 Å². The van der Waals surface area contributed by atoms with Crippen LogP contribution in [0.25, 0.3) is 6.08 Å². The number of carbonyl (C=O) groups is 1. The molecule has 0 N–H and O–H groups in total. The predicted molar refractivity (Wildman–Crippen MR) is 75.6 cm³/mol. The molecule has 104 valence electrons. The van der Waals surface area contributed by atoms with Crippen LogP contribution in [0, 0.1) is 0 Å². The molecule has 1 amide bonds. The average molecular weight is 262 g/mol. The van der Waals surface area contributed by atoms with Crippen molar-refractivity contribution in [1.29, 1.82) is 0 Å². The quantitative estimate of drug-likeness (QED) is 0.781. The largest absolute Gasteiger partial charge is 0.465 e. The van der Waals surface area contributed by atoms with Gasteiger partial charge in [-0.15, -0.1) is 0 Å². The first-order valence-corrected chi connectivity index (χ1v) is 6.91. The van der Waals surface area contributed by atoms with Crippen LogP contribution in [0.15, 0.2) is 28.9 Å². The smallest absolute Gasteiger partial charge is 0.246 e. The van der Waals surface area contributed by atoms with Crippen LogP contribution >= 0.6 is 0 Å². The summed E-state index contributed by atoms with van der Waals surface area (Å²) >= 11 is 0. The van der Waals surface area contributed by atoms with E-state index in [-0.39, 0.29) is 5.91 Å². The number of hydrogen-bond donors (Lipinski definition) is 0. The Kier molecular flexibility index (Phi) is 4.80. The monoisotopic (exact) mass is 262 g/mol. The average Bonchev–Trinajstić information content (AvgIpc) is 2.97. The van der Waals surface area contributed by atoms with Gasteiger partial charge in [-0.25, -0.2) is 0 Å². The molecule has 4 nitrogen and oxygen atoms in total. The summed E-state index contributed by atoms with van der Waals surface area (Å²) in [6, 6.07) is 4.01. The van der Waals surface area contributed by atoms with E-state index in [9.17, 15) is 4.79 Å². The molecule has 1 aliphatic heterocycles. The Balaban J connectivity index is 1.86. The highest BCUT2D eigenvalue weighted by Crippen LogP contribution is 2.15. The SMILES string of the molecule is CCN1CCC(N(C)C(=O)/C=C/c2ccco2)CC1. The van der Waals surface area contributed by atoms with Gasteiger partial charge in [0.15, 0.2) is 0 Å². The Hall–Kier alpha value is -1.55. The zero-order valence-electron chi connectivity index (χ0n) is 11.7. The van der Waals surface area contributed by atoms with E-state index in [0.29, 0.717) is 11.8 Å². The van der Waals surface area contributed by atoms with Gasteiger partial charge < -0.3 is 14.2 Å². The first-order valence-electron chi connectivity index (χ1n) is 6.91. The Bertz CT molecular complexity index is 417. The molecule has 19 heavy (non-hydrogen) atoms. The van der Waals surface area contributed by atoms with Crippen molar-refractivity contribution in [3.8, 4) is 0 Å². The lowest BCUT2D eigenvalue weighted by atomic mass is 10.0. The molecular weight excluding hydrogens is 240 g/mol. The lowest BCUT2D eigenvalue weighted by Gasteiger charge is -2.35. The van der Waals surface area contributed by atoms with Crippen molar-refractivity contribution >= 4 is 12.0 Å². The van der Waals surface area contributed by atoms with Crippen LogP contribution in [0.3, 0.4) is 0 Å². The van der Waals surface area contributed by atoms with Crippen LogP contribution in [0.5, 0.6) is 0 Å². The molecule has 4 heteroatoms. The van der Waals surface area contributed by atoms with Crippen molar-refractivity contribution in [3.05, 3.63) is 30.2 Å². The van der Waals surface area contributed by atoms with Crippen molar-refractivity contribution in [2.45, 2.75) is 25.8 Å². The molecule has 0 bridgehead atoms. The molecule has 0 saturated carbocycles. The van der Waals surface area contributed by atoms with Gasteiger partial charge in [-0.1, -0.05) is 6.92 Å². The summed E-state index contributed by atoms with van der Waals surface area (Å²) in [6.45, 7) is 5.45. The third kappa shape index (κ3) is 3.70. The maximum atomic E-state index is 12.1. The van der Waals surface area contributed by atoms with Crippen LogP contribution in [0.4, 0.5) is 0 Å². The van der Waals surface area contributed by atoms with Gasteiger partial charge in [0.2, 0.25) is 5.91 Å². The van der Waals surface area contributed by atoms with Crippen molar-refractivity contribution in [1.82, 2.24) is 9.80 Å². The van der Waals surface area contributed by atoms with E-state index >= 15 is 0 Å². The number of carbonyl (C=O) groups excluding carboxylic acids is 1. The second-order valence-electron chi connectivity index (χ2n) is 4.96. The molecule has 0 unspecified atom stereocenters. The zero-order chi connectivity index (χ0) is 13.7. The fraction of sp³-hybridized carbons (Fsp3) is 0.533. The van der Waals surface area contributed by atoms with Gasteiger partial charge in [0.25, 0.3) is 0 Å². The standard InChI is InChI=1S/C15H22N2O2/c1-3-17-10-8-13(9-11-17)16(2)15(18)7-6-14-5-4-12-19-14/h4-7,12-13H,3,8-11H2,1-2H3/b7-6+. The molecule has 1 aromatic rings. The molecule has 1 saturated heterocycles. The molecule has 2 heterocycles. The highest BCUT2D eigenvalue weighted by atomic mass is 16.3. The van der Waals surface area contributed by atoms with Crippen LogP contribution in [0.2, 0.25) is 0 Å². The Labute approximate surface area is 114 Å². The molecular formula is C15H22N2O2. The summed E-state index contributed by atoms with van der Waals surface area (Å²) in [6.07, 6.45) is 7.04. The number of hydrogen-bond acceptors (Lipinski definition) is 3.